The first kappa shape index (κ1) is 71.2. The SMILES string of the molecule is COc1ccc(CC[C@H]2OC(=O)[C@@H]3CCCCN3C(=O)C(=O)C(C)(C)COC(=O)C=CCCN(C)C(=O)[C@H](CC(C)C)N(C)C(=O)[C@H]3CCCN3C(=O)[C@H](Cc3cccc(NC(C)=O)c3)NC(=O)[C@H](c3ccccc3)CC(=O)CCC(=O)Nc3cccc2c3)cc1OC. The van der Waals surface area contributed by atoms with Crippen LogP contribution in [-0.2, 0) is 75.1 Å². The number of nitrogens with zero attached hydrogens (tertiary/aromatic N) is 4. The molecule has 22 nitrogen and oxygen atoms in total. The largest absolute Gasteiger partial charge is 0.493 e. The van der Waals surface area contributed by atoms with Gasteiger partial charge in [-0.1, -0.05) is 80.6 Å². The number of likely N-dealkylation sites (N-methyl/N-ethyl adjacent to an activating group) is 2. The van der Waals surface area contributed by atoms with Crippen LogP contribution in [0.2, 0.25) is 0 Å². The van der Waals surface area contributed by atoms with E-state index in [0.717, 1.165) is 5.56 Å². The zero-order chi connectivity index (χ0) is 67.5. The van der Waals surface area contributed by atoms with E-state index in [2.05, 4.69) is 16.0 Å². The second-order valence-electron chi connectivity index (χ2n) is 25.2. The van der Waals surface area contributed by atoms with Crippen LogP contribution < -0.4 is 25.4 Å². The van der Waals surface area contributed by atoms with Gasteiger partial charge in [0.2, 0.25) is 41.2 Å². The Hall–Kier alpha value is -9.21. The Morgan fingerprint density at radius 1 is 0.731 bits per heavy atom. The molecule has 3 heterocycles. The number of fused-ring (bicyclic) bond motifs is 4. The number of amides is 7. The van der Waals surface area contributed by atoms with Gasteiger partial charge in [0, 0.05) is 83.8 Å². The Labute approximate surface area is 544 Å². The van der Waals surface area contributed by atoms with Gasteiger partial charge in [-0.2, -0.15) is 0 Å². The van der Waals surface area contributed by atoms with Crippen molar-refractivity contribution >= 4 is 76.2 Å². The van der Waals surface area contributed by atoms with Gasteiger partial charge >= 0.3 is 11.9 Å². The molecule has 0 saturated carbocycles. The molecule has 3 aliphatic heterocycles. The van der Waals surface area contributed by atoms with Crippen LogP contribution >= 0.6 is 0 Å². The highest BCUT2D eigenvalue weighted by atomic mass is 16.5. The summed E-state index contributed by atoms with van der Waals surface area (Å²) >= 11 is 0. The summed E-state index contributed by atoms with van der Waals surface area (Å²) in [4.78, 5) is 161. The summed E-state index contributed by atoms with van der Waals surface area (Å²) in [5, 5.41) is 8.57. The standard InChI is InChI=1S/C71H89N7O15/c1-45(2)38-58-67(86)75(6)35-15-14-28-63(82)92-44-71(4,5)64(83)69(88)78-36-16-13-26-57(78)70(89)93-59(32-29-47-30-33-60(90-8)61(41-47)91-9)50-23-18-25-52(42-50)73-62(81)34-31-53(80)43-54(49-21-11-10-12-22-49)65(84)74-55(40-48-20-17-24-51(39-48)72-46(3)79)66(85)77-37-19-27-56(77)68(87)76(58)7/h10-12,14,17-18,20-25,28,30,33,39,41-42,45,54-59H,13,15-16,19,26-27,29,31-32,34-38,40,43-44H2,1-9H3,(H,72,79)(H,73,81)(H,74,84)/t54-,55-,56+,57-,58-,59+/m0/s1. The molecule has 2 fully saturated rings. The highest BCUT2D eigenvalue weighted by Gasteiger charge is 2.44. The Bertz CT molecular complexity index is 3400. The number of benzene rings is 4. The van der Waals surface area contributed by atoms with Crippen molar-refractivity contribution in [2.45, 2.75) is 154 Å². The molecule has 93 heavy (non-hydrogen) atoms. The number of aryl methyl sites for hydroxylation is 1. The maximum Gasteiger partial charge on any atom is 0.330 e. The summed E-state index contributed by atoms with van der Waals surface area (Å²) in [5.41, 5.74) is 1.62. The number of nitrogens with one attached hydrogen (secondary N) is 3. The third-order valence-electron chi connectivity index (χ3n) is 17.1. The van der Waals surface area contributed by atoms with Crippen LogP contribution in [0.4, 0.5) is 11.4 Å². The third kappa shape index (κ3) is 19.7. The number of methoxy groups -OCH3 is 2. The molecule has 22 heteroatoms. The summed E-state index contributed by atoms with van der Waals surface area (Å²) in [6, 6.07) is 23.1. The van der Waals surface area contributed by atoms with Crippen LogP contribution in [0.5, 0.6) is 11.5 Å². The lowest BCUT2D eigenvalue weighted by Crippen LogP contribution is -2.57. The molecule has 3 aliphatic rings. The monoisotopic (exact) mass is 1280 g/mol. The Balaban J connectivity index is 1.21. The van der Waals surface area contributed by atoms with Crippen molar-refractivity contribution in [2.24, 2.45) is 11.3 Å². The van der Waals surface area contributed by atoms with E-state index in [0.29, 0.717) is 65.2 Å². The van der Waals surface area contributed by atoms with Crippen molar-refractivity contribution < 1.29 is 71.7 Å². The van der Waals surface area contributed by atoms with Crippen LogP contribution in [-0.4, -0.2) is 163 Å². The van der Waals surface area contributed by atoms with Gasteiger partial charge in [-0.3, -0.25) is 43.2 Å². The number of anilines is 2. The number of ketones is 2. The molecule has 6 atom stereocenters. The Morgan fingerprint density at radius 2 is 1.44 bits per heavy atom. The Kier molecular flexibility index (Phi) is 25.6. The zero-order valence-electron chi connectivity index (χ0n) is 54.9. The first-order chi connectivity index (χ1) is 44.4. The van der Waals surface area contributed by atoms with Crippen molar-refractivity contribution in [3.63, 3.8) is 0 Å². The van der Waals surface area contributed by atoms with Crippen LogP contribution in [0.15, 0.2) is 109 Å². The van der Waals surface area contributed by atoms with Gasteiger partial charge in [-0.05, 0) is 136 Å². The molecule has 0 radical (unpaired) electrons. The molecule has 0 unspecified atom stereocenters. The van der Waals surface area contributed by atoms with Crippen LogP contribution in [0.1, 0.15) is 140 Å². The van der Waals surface area contributed by atoms with Crippen LogP contribution in [0.3, 0.4) is 0 Å². The van der Waals surface area contributed by atoms with E-state index in [1.54, 1.807) is 92.0 Å². The average molecular weight is 1280 g/mol. The summed E-state index contributed by atoms with van der Waals surface area (Å²) < 4.78 is 22.9. The van der Waals surface area contributed by atoms with E-state index in [4.69, 9.17) is 18.9 Å². The number of piperidine rings is 1. The van der Waals surface area contributed by atoms with Gasteiger partial charge in [0.25, 0.3) is 5.91 Å². The maximum absolute atomic E-state index is 15.2. The van der Waals surface area contributed by atoms with Gasteiger partial charge in [0.1, 0.15) is 42.7 Å². The highest BCUT2D eigenvalue weighted by Crippen LogP contribution is 2.34. The van der Waals surface area contributed by atoms with Gasteiger partial charge in [0.05, 0.1) is 25.6 Å². The molecule has 2 bridgehead atoms. The fourth-order valence-electron chi connectivity index (χ4n) is 12.0. The molecule has 7 amide bonds. The number of ether oxygens (including phenoxy) is 4. The molecule has 4 aromatic carbocycles. The zero-order valence-corrected chi connectivity index (χ0v) is 54.9. The minimum atomic E-state index is -1.52. The fourth-order valence-corrected chi connectivity index (χ4v) is 12.0. The number of carbonyl (C=O) groups is 11. The van der Waals surface area contributed by atoms with E-state index in [1.165, 1.54) is 73.8 Å². The molecule has 0 spiro atoms. The molecule has 498 valence electrons. The van der Waals surface area contributed by atoms with Gasteiger partial charge in [0.15, 0.2) is 11.5 Å². The number of Topliss-reactive ketones (excluding diaryl/α,β-unsaturated/α-hetero) is 2. The van der Waals surface area contributed by atoms with Crippen molar-refractivity contribution in [3.8, 4) is 11.5 Å². The second kappa shape index (κ2) is 33.4. The lowest BCUT2D eigenvalue weighted by atomic mass is 9.87. The predicted molar refractivity (Wildman–Crippen MR) is 347 cm³/mol. The normalized spacial score (nSPS) is 22.5. The van der Waals surface area contributed by atoms with E-state index < -0.39 is 101 Å². The fraction of sp³-hybridized carbons (Fsp3) is 0.479. The number of hydrogen-bond donors (Lipinski definition) is 3. The maximum atomic E-state index is 15.2. The average Bonchev–Trinajstić information content (AvgIpc) is 1.85. The summed E-state index contributed by atoms with van der Waals surface area (Å²) in [6.45, 7) is 8.06. The Morgan fingerprint density at radius 3 is 2.16 bits per heavy atom. The second-order valence-corrected chi connectivity index (χ2v) is 25.2. The topological polar surface area (TPSA) is 274 Å². The molecular formula is C71H89N7O15. The first-order valence-corrected chi connectivity index (χ1v) is 31.9. The third-order valence-corrected chi connectivity index (χ3v) is 17.1. The van der Waals surface area contributed by atoms with Crippen molar-refractivity contribution in [2.75, 3.05) is 65.2 Å². The van der Waals surface area contributed by atoms with Crippen molar-refractivity contribution in [1.82, 2.24) is 24.9 Å². The summed E-state index contributed by atoms with van der Waals surface area (Å²) in [6.07, 6.45) is 3.79. The van der Waals surface area contributed by atoms with Crippen molar-refractivity contribution in [3.05, 3.63) is 131 Å². The summed E-state index contributed by atoms with van der Waals surface area (Å²) in [7, 11) is 6.16. The quantitative estimate of drug-likeness (QED) is 0.0952. The molecule has 0 aromatic heterocycles. The lowest BCUT2D eigenvalue weighted by molar-refractivity contribution is -0.165. The number of cyclic esters (lactones) is 2. The smallest absolute Gasteiger partial charge is 0.330 e. The van der Waals surface area contributed by atoms with E-state index >= 15 is 4.79 Å². The number of carbonyl (C=O) groups excluding carboxylic acids is 11. The van der Waals surface area contributed by atoms with Gasteiger partial charge in [-0.15, -0.1) is 0 Å². The van der Waals surface area contributed by atoms with Gasteiger partial charge in [-0.25, -0.2) is 9.59 Å². The van der Waals surface area contributed by atoms with Crippen LogP contribution in [0, 0.1) is 11.3 Å². The first-order valence-electron chi connectivity index (χ1n) is 31.9. The number of rotatable bonds is 11. The molecular weight excluding hydrogens is 1190 g/mol. The van der Waals surface area contributed by atoms with E-state index in [1.807, 2.05) is 26.0 Å². The molecule has 2 saturated heterocycles. The number of hydrogen-bond acceptors (Lipinski definition) is 15. The predicted octanol–water partition coefficient (Wildman–Crippen LogP) is 7.87. The number of esters is 2. The van der Waals surface area contributed by atoms with Crippen LogP contribution in [0.25, 0.3) is 0 Å². The minimum absolute atomic E-state index is 0.0503. The summed E-state index contributed by atoms with van der Waals surface area (Å²) in [5.74, 6) is -6.90. The lowest BCUT2D eigenvalue weighted by Gasteiger charge is -2.36. The molecule has 0 aliphatic carbocycles. The van der Waals surface area contributed by atoms with Crippen molar-refractivity contribution in [1.29, 1.82) is 0 Å². The van der Waals surface area contributed by atoms with Gasteiger partial charge < -0.3 is 54.5 Å². The molecule has 4 aromatic rings. The highest BCUT2D eigenvalue weighted by molar-refractivity contribution is 6.38. The van der Waals surface area contributed by atoms with E-state index in [9.17, 15) is 47.9 Å². The van der Waals surface area contributed by atoms with E-state index in [-0.39, 0.29) is 95.2 Å². The minimum Gasteiger partial charge on any atom is -0.493 e. The molecule has 7 rings (SSSR count). The molecule has 3 N–H and O–H groups in total.